The number of aliphatic hydroxyl groups excluding tert-OH is 1. The third-order valence-corrected chi connectivity index (χ3v) is 5.23. The lowest BCUT2D eigenvalue weighted by Crippen LogP contribution is -2.49. The molecule has 0 aromatic heterocycles. The lowest BCUT2D eigenvalue weighted by molar-refractivity contribution is 0.127. The van der Waals surface area contributed by atoms with Gasteiger partial charge in [0.15, 0.2) is 0 Å². The molecule has 0 bridgehead atoms. The minimum Gasteiger partial charge on any atom is -0.394 e. The minimum atomic E-state index is -0.0945. The smallest absolute Gasteiger partial charge is 0.0611 e. The quantitative estimate of drug-likeness (QED) is 0.744. The summed E-state index contributed by atoms with van der Waals surface area (Å²) in [6.45, 7) is 8.02. The van der Waals surface area contributed by atoms with E-state index in [4.69, 9.17) is 0 Å². The van der Waals surface area contributed by atoms with Gasteiger partial charge in [-0.1, -0.05) is 19.8 Å². The molecule has 1 aliphatic carbocycles. The van der Waals surface area contributed by atoms with Crippen LogP contribution in [0.25, 0.3) is 0 Å². The Kier molecular flexibility index (Phi) is 5.67. The van der Waals surface area contributed by atoms with Gasteiger partial charge in [-0.05, 0) is 58.0 Å². The number of hydrogen-bond donors (Lipinski definition) is 2. The van der Waals surface area contributed by atoms with Crippen molar-refractivity contribution in [2.45, 2.75) is 70.4 Å². The van der Waals surface area contributed by atoms with Gasteiger partial charge in [0.25, 0.3) is 0 Å². The highest BCUT2D eigenvalue weighted by Gasteiger charge is 2.36. The van der Waals surface area contributed by atoms with E-state index < -0.39 is 0 Å². The Hall–Kier alpha value is -0.120. The minimum absolute atomic E-state index is 0.0945. The second-order valence-electron chi connectivity index (χ2n) is 6.83. The van der Waals surface area contributed by atoms with Crippen molar-refractivity contribution in [1.82, 2.24) is 10.2 Å². The first-order chi connectivity index (χ1) is 9.18. The Morgan fingerprint density at radius 1 is 1.26 bits per heavy atom. The maximum atomic E-state index is 9.64. The van der Waals surface area contributed by atoms with Gasteiger partial charge in [-0.2, -0.15) is 0 Å². The van der Waals surface area contributed by atoms with E-state index in [1.54, 1.807) is 0 Å². The van der Waals surface area contributed by atoms with Crippen molar-refractivity contribution in [3.8, 4) is 0 Å². The highest BCUT2D eigenvalue weighted by molar-refractivity contribution is 4.92. The average molecular weight is 268 g/mol. The molecular formula is C16H32N2O. The van der Waals surface area contributed by atoms with E-state index in [9.17, 15) is 5.11 Å². The number of aliphatic hydroxyl groups is 1. The van der Waals surface area contributed by atoms with Crippen LogP contribution in [-0.2, 0) is 0 Å². The molecule has 0 amide bonds. The summed E-state index contributed by atoms with van der Waals surface area (Å²) in [4.78, 5) is 2.70. The van der Waals surface area contributed by atoms with E-state index in [0.717, 1.165) is 37.9 Å². The van der Waals surface area contributed by atoms with Gasteiger partial charge in [-0.3, -0.25) is 0 Å². The zero-order chi connectivity index (χ0) is 13.7. The summed E-state index contributed by atoms with van der Waals surface area (Å²) >= 11 is 0. The fraction of sp³-hybridized carbons (Fsp3) is 1.00. The van der Waals surface area contributed by atoms with Crippen molar-refractivity contribution in [2.75, 3.05) is 26.2 Å². The molecule has 3 nitrogen and oxygen atoms in total. The van der Waals surface area contributed by atoms with E-state index in [1.807, 2.05) is 0 Å². The van der Waals surface area contributed by atoms with E-state index in [-0.39, 0.29) is 12.1 Å². The summed E-state index contributed by atoms with van der Waals surface area (Å²) in [5.74, 6) is 0.970. The molecule has 2 rings (SSSR count). The molecule has 2 N–H and O–H groups in total. The topological polar surface area (TPSA) is 35.5 Å². The third-order valence-electron chi connectivity index (χ3n) is 5.23. The molecule has 1 aliphatic heterocycles. The first kappa shape index (κ1) is 15.3. The van der Waals surface area contributed by atoms with Crippen LogP contribution in [0.2, 0.25) is 0 Å². The van der Waals surface area contributed by atoms with Crippen LogP contribution in [-0.4, -0.2) is 47.8 Å². The standard InChI is InChI=1S/C16H32N2O/c1-3-10-17-16(2,13-19)9-12-18-11-8-14-6-4-5-7-15(14)18/h14-15,17,19H,3-13H2,1-2H3. The Balaban J connectivity index is 1.80. The second-order valence-corrected chi connectivity index (χ2v) is 6.83. The van der Waals surface area contributed by atoms with E-state index in [0.29, 0.717) is 0 Å². The fourth-order valence-corrected chi connectivity index (χ4v) is 3.82. The predicted molar refractivity (Wildman–Crippen MR) is 80.3 cm³/mol. The number of rotatable bonds is 7. The predicted octanol–water partition coefficient (Wildman–Crippen LogP) is 2.39. The Labute approximate surface area is 118 Å². The summed E-state index contributed by atoms with van der Waals surface area (Å²) in [6.07, 6.45) is 9.32. The highest BCUT2D eigenvalue weighted by Crippen LogP contribution is 2.36. The Bertz CT molecular complexity index is 271. The molecule has 1 saturated carbocycles. The monoisotopic (exact) mass is 268 g/mol. The summed E-state index contributed by atoms with van der Waals surface area (Å²) in [6, 6.07) is 0.850. The molecule has 3 unspecified atom stereocenters. The molecule has 112 valence electrons. The van der Waals surface area contributed by atoms with Gasteiger partial charge in [-0.15, -0.1) is 0 Å². The maximum absolute atomic E-state index is 9.64. The van der Waals surface area contributed by atoms with Gasteiger partial charge in [0.2, 0.25) is 0 Å². The van der Waals surface area contributed by atoms with Crippen molar-refractivity contribution in [3.05, 3.63) is 0 Å². The van der Waals surface area contributed by atoms with Crippen LogP contribution in [0.4, 0.5) is 0 Å². The van der Waals surface area contributed by atoms with Crippen LogP contribution in [0.1, 0.15) is 58.8 Å². The number of nitrogens with one attached hydrogen (secondary N) is 1. The van der Waals surface area contributed by atoms with Gasteiger partial charge < -0.3 is 15.3 Å². The molecule has 0 spiro atoms. The van der Waals surface area contributed by atoms with Crippen LogP contribution in [0.3, 0.4) is 0 Å². The SMILES string of the molecule is CCCNC(C)(CO)CCN1CCC2CCCCC21. The average Bonchev–Trinajstić information content (AvgIpc) is 2.86. The molecule has 0 radical (unpaired) electrons. The molecule has 3 heteroatoms. The molecule has 0 aromatic rings. The first-order valence-corrected chi connectivity index (χ1v) is 8.28. The Morgan fingerprint density at radius 2 is 2.05 bits per heavy atom. The summed E-state index contributed by atoms with van der Waals surface area (Å²) in [5.41, 5.74) is -0.0945. The molecule has 2 aliphatic rings. The zero-order valence-corrected chi connectivity index (χ0v) is 12.8. The second kappa shape index (κ2) is 7.05. The van der Waals surface area contributed by atoms with Crippen molar-refractivity contribution in [2.24, 2.45) is 5.92 Å². The molecular weight excluding hydrogens is 236 g/mol. The normalized spacial score (nSPS) is 31.1. The summed E-state index contributed by atoms with van der Waals surface area (Å²) in [5, 5.41) is 13.2. The lowest BCUT2D eigenvalue weighted by atomic mass is 9.85. The molecule has 1 saturated heterocycles. The van der Waals surface area contributed by atoms with Gasteiger partial charge in [0.05, 0.1) is 6.61 Å². The zero-order valence-electron chi connectivity index (χ0n) is 12.8. The van der Waals surface area contributed by atoms with Crippen molar-refractivity contribution in [1.29, 1.82) is 0 Å². The van der Waals surface area contributed by atoms with Crippen molar-refractivity contribution < 1.29 is 5.11 Å². The molecule has 0 aromatic carbocycles. The van der Waals surface area contributed by atoms with Gasteiger partial charge >= 0.3 is 0 Å². The van der Waals surface area contributed by atoms with Crippen LogP contribution >= 0.6 is 0 Å². The number of nitrogens with zero attached hydrogens (tertiary/aromatic N) is 1. The van der Waals surface area contributed by atoms with Gasteiger partial charge in [0.1, 0.15) is 0 Å². The summed E-state index contributed by atoms with van der Waals surface area (Å²) in [7, 11) is 0. The first-order valence-electron chi connectivity index (χ1n) is 8.28. The molecule has 19 heavy (non-hydrogen) atoms. The Morgan fingerprint density at radius 3 is 2.79 bits per heavy atom. The maximum Gasteiger partial charge on any atom is 0.0611 e. The molecule has 2 fully saturated rings. The van der Waals surface area contributed by atoms with Crippen molar-refractivity contribution >= 4 is 0 Å². The number of fused-ring (bicyclic) bond motifs is 1. The lowest BCUT2D eigenvalue weighted by Gasteiger charge is -2.35. The van der Waals surface area contributed by atoms with Crippen LogP contribution in [0.15, 0.2) is 0 Å². The van der Waals surface area contributed by atoms with E-state index in [1.165, 1.54) is 38.6 Å². The van der Waals surface area contributed by atoms with Crippen molar-refractivity contribution in [3.63, 3.8) is 0 Å². The third kappa shape index (κ3) is 3.93. The van der Waals surface area contributed by atoms with Gasteiger partial charge in [0, 0.05) is 18.1 Å². The van der Waals surface area contributed by atoms with Crippen LogP contribution < -0.4 is 5.32 Å². The molecule has 3 atom stereocenters. The van der Waals surface area contributed by atoms with Gasteiger partial charge in [-0.25, -0.2) is 0 Å². The highest BCUT2D eigenvalue weighted by atomic mass is 16.3. The number of likely N-dealkylation sites (tertiary alicyclic amines) is 1. The van der Waals surface area contributed by atoms with Crippen LogP contribution in [0.5, 0.6) is 0 Å². The van der Waals surface area contributed by atoms with E-state index in [2.05, 4.69) is 24.1 Å². The molecule has 1 heterocycles. The largest absolute Gasteiger partial charge is 0.394 e. The number of hydrogen-bond acceptors (Lipinski definition) is 3. The van der Waals surface area contributed by atoms with Crippen LogP contribution in [0, 0.1) is 5.92 Å². The van der Waals surface area contributed by atoms with E-state index >= 15 is 0 Å². The fourth-order valence-electron chi connectivity index (χ4n) is 3.82. The summed E-state index contributed by atoms with van der Waals surface area (Å²) < 4.78 is 0.